The summed E-state index contributed by atoms with van der Waals surface area (Å²) in [6, 6.07) is 1.87. The van der Waals surface area contributed by atoms with E-state index in [1.807, 2.05) is 0 Å². The van der Waals surface area contributed by atoms with Crippen LogP contribution in [0.1, 0.15) is 35.7 Å². The fourth-order valence-corrected chi connectivity index (χ4v) is 6.44. The number of aliphatic hydroxyl groups is 1. The van der Waals surface area contributed by atoms with Crippen molar-refractivity contribution in [2.45, 2.75) is 37.8 Å². The lowest BCUT2D eigenvalue weighted by Gasteiger charge is -2.52. The van der Waals surface area contributed by atoms with Crippen LogP contribution in [0.4, 0.5) is 5.69 Å². The first-order valence-electron chi connectivity index (χ1n) is 12.9. The molecular weight excluding hydrogens is 508 g/mol. The predicted molar refractivity (Wildman–Crippen MR) is 138 cm³/mol. The topological polar surface area (TPSA) is 173 Å². The Morgan fingerprint density at radius 2 is 1.72 bits per heavy atom. The van der Waals surface area contributed by atoms with Crippen LogP contribution in [0.15, 0.2) is 12.1 Å². The second-order valence-corrected chi connectivity index (χ2v) is 10.9. The monoisotopic (exact) mass is 542 g/mol. The molecule has 0 heterocycles. The molecule has 4 rings (SSSR count). The van der Waals surface area contributed by atoms with Gasteiger partial charge in [-0.1, -0.05) is 6.92 Å². The van der Waals surface area contributed by atoms with Crippen LogP contribution in [-0.4, -0.2) is 96.6 Å². The van der Waals surface area contributed by atoms with E-state index >= 15 is 0 Å². The van der Waals surface area contributed by atoms with Crippen molar-refractivity contribution in [3.8, 4) is 5.75 Å². The third-order valence-electron chi connectivity index (χ3n) is 8.25. The minimum Gasteiger partial charge on any atom is -0.507 e. The van der Waals surface area contributed by atoms with Crippen molar-refractivity contribution in [1.29, 1.82) is 0 Å². The number of rotatable bonds is 6. The summed E-state index contributed by atoms with van der Waals surface area (Å²) in [5.74, 6) is -10.8. The zero-order chi connectivity index (χ0) is 29.0. The van der Waals surface area contributed by atoms with E-state index in [1.165, 1.54) is 11.0 Å². The summed E-state index contributed by atoms with van der Waals surface area (Å²) in [7, 11) is 6.67. The molecular formula is C27H34N4O8. The molecule has 2 saturated carbocycles. The van der Waals surface area contributed by atoms with Gasteiger partial charge in [0.2, 0.25) is 11.8 Å². The number of Topliss-reactive ketones (excluding diaryl/α,β-unsaturated/α-hetero) is 4. The van der Waals surface area contributed by atoms with Crippen molar-refractivity contribution >= 4 is 40.6 Å². The van der Waals surface area contributed by atoms with E-state index in [4.69, 9.17) is 0 Å². The number of aromatic hydroxyl groups is 1. The molecule has 12 nitrogen and oxygen atoms in total. The van der Waals surface area contributed by atoms with E-state index in [-0.39, 0.29) is 43.2 Å². The Morgan fingerprint density at radius 1 is 1.05 bits per heavy atom. The molecule has 0 saturated heterocycles. The first-order chi connectivity index (χ1) is 18.3. The Hall–Kier alpha value is -3.64. The highest BCUT2D eigenvalue weighted by atomic mass is 16.3. The number of phenols is 1. The maximum absolute atomic E-state index is 14.0. The van der Waals surface area contributed by atoms with Gasteiger partial charge in [0.15, 0.2) is 34.7 Å². The lowest BCUT2D eigenvalue weighted by atomic mass is 9.52. The van der Waals surface area contributed by atoms with E-state index in [0.29, 0.717) is 11.3 Å². The maximum Gasteiger partial charge on any atom is 0.239 e. The van der Waals surface area contributed by atoms with Gasteiger partial charge in [0, 0.05) is 32.1 Å². The number of carbonyl (C=O) groups is 6. The van der Waals surface area contributed by atoms with Crippen molar-refractivity contribution in [1.82, 2.24) is 15.5 Å². The zero-order valence-electron chi connectivity index (χ0n) is 22.6. The third kappa shape index (κ3) is 4.31. The molecule has 2 amide bonds. The number of nitrogens with one attached hydrogen (secondary N) is 2. The van der Waals surface area contributed by atoms with Gasteiger partial charge in [-0.15, -0.1) is 0 Å². The molecule has 3 aliphatic carbocycles. The first kappa shape index (κ1) is 28.4. The number of carbonyl (C=O) groups excluding carboxylic acids is 6. The summed E-state index contributed by atoms with van der Waals surface area (Å²) in [5.41, 5.74) is -1.54. The number of amides is 2. The smallest absolute Gasteiger partial charge is 0.239 e. The fraction of sp³-hybridized carbons (Fsp3) is 0.556. The fourth-order valence-electron chi connectivity index (χ4n) is 6.44. The minimum atomic E-state index is -2.76. The van der Waals surface area contributed by atoms with Gasteiger partial charge < -0.3 is 25.7 Å². The molecule has 210 valence electrons. The molecule has 3 aliphatic rings. The van der Waals surface area contributed by atoms with Crippen LogP contribution in [0.2, 0.25) is 0 Å². The van der Waals surface area contributed by atoms with Gasteiger partial charge in [-0.2, -0.15) is 0 Å². The highest BCUT2D eigenvalue weighted by Gasteiger charge is 2.69. The number of benzene rings is 1. The molecule has 0 aromatic heterocycles. The maximum atomic E-state index is 14.0. The number of hydrogen-bond donors (Lipinski definition) is 4. The zero-order valence-corrected chi connectivity index (χ0v) is 22.6. The average Bonchev–Trinajstić information content (AvgIpc) is 2.85. The number of fused-ring (bicyclic) bond motifs is 3. The number of likely N-dealkylation sites (N-methyl/N-ethyl adjacent to an activating group) is 1. The van der Waals surface area contributed by atoms with Crippen molar-refractivity contribution in [2.24, 2.45) is 23.7 Å². The van der Waals surface area contributed by atoms with E-state index in [2.05, 4.69) is 10.6 Å². The van der Waals surface area contributed by atoms with Crippen LogP contribution in [0.5, 0.6) is 5.75 Å². The molecule has 4 N–H and O–H groups in total. The summed E-state index contributed by atoms with van der Waals surface area (Å²) in [4.78, 5) is 82.6. The summed E-state index contributed by atoms with van der Waals surface area (Å²) in [5, 5.41) is 27.1. The number of nitrogens with zero attached hydrogens (tertiary/aromatic N) is 2. The molecule has 0 spiro atoms. The van der Waals surface area contributed by atoms with Crippen molar-refractivity contribution in [2.75, 3.05) is 39.8 Å². The standard InChI is InChI=1S/C27H34N4O8/c1-6-17(33)28-11-29-26(38)20-23(35)21(31(4)5)14-10-12-9-13-15(30(2)3)7-8-16(32)19(13)22(34)18(12)24(36)27(14,39)25(20)37/h7-8,12,14,18,20-21,32,39H,6,9-11H2,1-5H3,(H,28,33)(H,29,38)/t12-,14-,18?,20?,21-,27-/m1/s1. The van der Waals surface area contributed by atoms with E-state index in [1.54, 1.807) is 46.1 Å². The second-order valence-electron chi connectivity index (χ2n) is 10.9. The molecule has 0 aliphatic heterocycles. The first-order valence-corrected chi connectivity index (χ1v) is 12.9. The highest BCUT2D eigenvalue weighted by molar-refractivity contribution is 6.32. The minimum absolute atomic E-state index is 0.00182. The Kier molecular flexibility index (Phi) is 7.39. The molecule has 12 heteroatoms. The van der Waals surface area contributed by atoms with Crippen LogP contribution in [-0.2, 0) is 30.4 Å². The summed E-state index contributed by atoms with van der Waals surface area (Å²) < 4.78 is 0. The SMILES string of the molecule is CCC(=O)NCNC(=O)C1C(=O)[C@H](N(C)C)[C@H]2C[C@H]3Cc4c(N(C)C)ccc(O)c4C(=O)C3C(=O)[C@@]2(O)C1=O. The highest BCUT2D eigenvalue weighted by Crippen LogP contribution is 2.51. The van der Waals surface area contributed by atoms with Crippen LogP contribution >= 0.6 is 0 Å². The molecule has 39 heavy (non-hydrogen) atoms. The number of hydrogen-bond acceptors (Lipinski definition) is 10. The normalized spacial score (nSPS) is 29.9. The number of anilines is 1. The van der Waals surface area contributed by atoms with E-state index in [9.17, 15) is 39.0 Å². The van der Waals surface area contributed by atoms with Gasteiger partial charge in [0.25, 0.3) is 0 Å². The molecule has 0 radical (unpaired) electrons. The van der Waals surface area contributed by atoms with Gasteiger partial charge in [-0.25, -0.2) is 0 Å². The Balaban J connectivity index is 1.75. The second kappa shape index (κ2) is 10.2. The van der Waals surface area contributed by atoms with Gasteiger partial charge in [0.1, 0.15) is 5.75 Å². The predicted octanol–water partition coefficient (Wildman–Crippen LogP) is -0.952. The van der Waals surface area contributed by atoms with E-state index < -0.39 is 64.4 Å². The molecule has 6 atom stereocenters. The van der Waals surface area contributed by atoms with Gasteiger partial charge >= 0.3 is 0 Å². The van der Waals surface area contributed by atoms with E-state index in [0.717, 1.165) is 0 Å². The Bertz CT molecular complexity index is 1270. The van der Waals surface area contributed by atoms with Crippen molar-refractivity contribution in [3.63, 3.8) is 0 Å². The molecule has 2 fully saturated rings. The lowest BCUT2D eigenvalue weighted by Crippen LogP contribution is -2.74. The quantitative estimate of drug-likeness (QED) is 0.259. The van der Waals surface area contributed by atoms with Crippen LogP contribution in [0.3, 0.4) is 0 Å². The van der Waals surface area contributed by atoms with Crippen molar-refractivity contribution < 1.29 is 39.0 Å². The lowest BCUT2D eigenvalue weighted by molar-refractivity contribution is -0.181. The largest absolute Gasteiger partial charge is 0.507 e. The number of ketones is 4. The Labute approximate surface area is 225 Å². The van der Waals surface area contributed by atoms with Crippen LogP contribution < -0.4 is 15.5 Å². The van der Waals surface area contributed by atoms with Crippen molar-refractivity contribution in [3.05, 3.63) is 23.3 Å². The Morgan fingerprint density at radius 3 is 2.31 bits per heavy atom. The summed E-state index contributed by atoms with van der Waals surface area (Å²) in [6.07, 6.45) is 0.373. The molecule has 2 unspecified atom stereocenters. The van der Waals surface area contributed by atoms with Gasteiger partial charge in [0.05, 0.1) is 24.2 Å². The number of phenolic OH excluding ortho intramolecular Hbond substituents is 1. The summed E-state index contributed by atoms with van der Waals surface area (Å²) >= 11 is 0. The summed E-state index contributed by atoms with van der Waals surface area (Å²) in [6.45, 7) is 1.26. The molecule has 0 bridgehead atoms. The molecule has 1 aromatic carbocycles. The van der Waals surface area contributed by atoms with Gasteiger partial charge in [-0.3, -0.25) is 33.7 Å². The third-order valence-corrected chi connectivity index (χ3v) is 8.25. The van der Waals surface area contributed by atoms with Gasteiger partial charge in [-0.05, 0) is 50.6 Å². The molecule has 1 aromatic rings. The van der Waals surface area contributed by atoms with Crippen LogP contribution in [0, 0.1) is 23.7 Å². The average molecular weight is 543 g/mol. The van der Waals surface area contributed by atoms with Crippen LogP contribution in [0.25, 0.3) is 0 Å².